The van der Waals surface area contributed by atoms with Gasteiger partial charge in [0.25, 0.3) is 5.91 Å². The van der Waals surface area contributed by atoms with Crippen molar-refractivity contribution in [1.82, 2.24) is 20.9 Å². The summed E-state index contributed by atoms with van der Waals surface area (Å²) < 4.78 is 0. The number of aliphatic imine (C=N–C) groups is 1. The van der Waals surface area contributed by atoms with Gasteiger partial charge in [0.1, 0.15) is 12.1 Å². The highest BCUT2D eigenvalue weighted by Gasteiger charge is 2.30. The second kappa shape index (κ2) is 14.9. The van der Waals surface area contributed by atoms with Crippen molar-refractivity contribution in [3.63, 3.8) is 0 Å². The summed E-state index contributed by atoms with van der Waals surface area (Å²) in [5.74, 6) is -3.28. The Kier molecular flexibility index (Phi) is 12.0. The Morgan fingerprint density at radius 1 is 1.16 bits per heavy atom. The third kappa shape index (κ3) is 9.84. The van der Waals surface area contributed by atoms with E-state index in [9.17, 15) is 24.0 Å². The van der Waals surface area contributed by atoms with Gasteiger partial charge in [0.2, 0.25) is 17.7 Å². The number of nitrogens with one attached hydrogen (secondary N) is 3. The molecule has 1 aromatic carbocycles. The molecule has 2 unspecified atom stereocenters. The van der Waals surface area contributed by atoms with E-state index >= 15 is 0 Å². The van der Waals surface area contributed by atoms with Crippen molar-refractivity contribution in [3.05, 3.63) is 29.8 Å². The van der Waals surface area contributed by atoms with Gasteiger partial charge in [-0.1, -0.05) is 33.7 Å². The van der Waals surface area contributed by atoms with Crippen molar-refractivity contribution >= 4 is 57.1 Å². The molecule has 37 heavy (non-hydrogen) atoms. The Labute approximate surface area is 221 Å². The van der Waals surface area contributed by atoms with Gasteiger partial charge in [0, 0.05) is 30.8 Å². The maximum Gasteiger partial charge on any atom is 0.305 e. The van der Waals surface area contributed by atoms with Crippen LogP contribution in [0.15, 0.2) is 34.2 Å². The Morgan fingerprint density at radius 2 is 1.89 bits per heavy atom. The van der Waals surface area contributed by atoms with E-state index in [0.29, 0.717) is 22.6 Å². The number of benzene rings is 1. The topological polar surface area (TPSA) is 209 Å². The highest BCUT2D eigenvalue weighted by atomic mass is 33.1. The molecule has 0 bridgehead atoms. The molecule has 0 radical (unpaired) electrons. The number of amides is 4. The van der Waals surface area contributed by atoms with Crippen LogP contribution in [-0.2, 0) is 19.2 Å². The average molecular weight is 554 g/mol. The Balaban J connectivity index is 2.31. The summed E-state index contributed by atoms with van der Waals surface area (Å²) in [5, 5.41) is 16.5. The SMILES string of the molecule is CN1C(=O)c2ccccc2SSCCNC(=O)C(CC(=O)O)NC(=O)CNC(=O)C1CCCN=C(N)N. The molecule has 13 nitrogen and oxygen atoms in total. The van der Waals surface area contributed by atoms with Gasteiger partial charge in [-0.2, -0.15) is 0 Å². The number of carbonyl (C=O) groups is 5. The van der Waals surface area contributed by atoms with Crippen LogP contribution in [0.1, 0.15) is 29.6 Å². The summed E-state index contributed by atoms with van der Waals surface area (Å²) in [5.41, 5.74) is 11.1. The molecule has 8 N–H and O–H groups in total. The van der Waals surface area contributed by atoms with Crippen molar-refractivity contribution in [2.45, 2.75) is 36.2 Å². The van der Waals surface area contributed by atoms with Crippen LogP contribution in [0.2, 0.25) is 0 Å². The van der Waals surface area contributed by atoms with Gasteiger partial charge in [-0.25, -0.2) is 0 Å². The van der Waals surface area contributed by atoms with Crippen LogP contribution in [0, 0.1) is 0 Å². The molecule has 202 valence electrons. The molecule has 2 rings (SSSR count). The van der Waals surface area contributed by atoms with E-state index in [2.05, 4.69) is 20.9 Å². The van der Waals surface area contributed by atoms with E-state index in [0.717, 1.165) is 0 Å². The van der Waals surface area contributed by atoms with Gasteiger partial charge in [-0.3, -0.25) is 29.0 Å². The molecule has 0 saturated heterocycles. The van der Waals surface area contributed by atoms with Crippen LogP contribution in [0.5, 0.6) is 0 Å². The van der Waals surface area contributed by atoms with E-state index in [1.165, 1.54) is 33.5 Å². The highest BCUT2D eigenvalue weighted by molar-refractivity contribution is 8.76. The zero-order valence-electron chi connectivity index (χ0n) is 20.3. The number of hydrogen-bond acceptors (Lipinski definition) is 8. The van der Waals surface area contributed by atoms with Crippen LogP contribution >= 0.6 is 21.6 Å². The Morgan fingerprint density at radius 3 is 2.59 bits per heavy atom. The van der Waals surface area contributed by atoms with Crippen LogP contribution in [0.25, 0.3) is 0 Å². The summed E-state index contributed by atoms with van der Waals surface area (Å²) in [4.78, 5) is 68.5. The third-order valence-corrected chi connectivity index (χ3v) is 7.64. The van der Waals surface area contributed by atoms with E-state index in [4.69, 9.17) is 16.6 Å². The normalized spacial score (nSPS) is 20.1. The standard InChI is InChI=1S/C22H31N7O6S2/c1-29-15(6-4-8-26-22(23)24)20(34)27-12-17(30)28-14(11-18(31)32)19(33)25-9-10-36-37-16-7-3-2-5-13(16)21(29)35/h2-3,5,7,14-15H,4,6,8-12H2,1H3,(H,25,33)(H,27,34)(H,28,30)(H,31,32)(H4,23,24,26). The summed E-state index contributed by atoms with van der Waals surface area (Å²) in [6, 6.07) is 4.70. The minimum atomic E-state index is -1.31. The fourth-order valence-corrected chi connectivity index (χ4v) is 5.49. The van der Waals surface area contributed by atoms with Gasteiger partial charge in [-0.15, -0.1) is 0 Å². The van der Waals surface area contributed by atoms with Gasteiger partial charge < -0.3 is 37.4 Å². The summed E-state index contributed by atoms with van der Waals surface area (Å²) in [6.07, 6.45) is -0.0288. The zero-order chi connectivity index (χ0) is 27.4. The van der Waals surface area contributed by atoms with Gasteiger partial charge >= 0.3 is 5.97 Å². The number of carbonyl (C=O) groups excluding carboxylic acids is 4. The first-order chi connectivity index (χ1) is 17.6. The lowest BCUT2D eigenvalue weighted by Gasteiger charge is -2.28. The maximum absolute atomic E-state index is 13.4. The number of hydrogen-bond donors (Lipinski definition) is 6. The Hall–Kier alpha value is -3.46. The number of fused-ring (bicyclic) bond motifs is 1. The first-order valence-electron chi connectivity index (χ1n) is 11.4. The fraction of sp³-hybridized carbons (Fsp3) is 0.455. The molecule has 1 aliphatic rings. The minimum absolute atomic E-state index is 0.0946. The van der Waals surface area contributed by atoms with E-state index in [1.807, 2.05) is 0 Å². The number of aliphatic carboxylic acids is 1. The van der Waals surface area contributed by atoms with Crippen LogP contribution in [-0.4, -0.2) is 90.1 Å². The zero-order valence-corrected chi connectivity index (χ0v) is 21.9. The number of carboxylic acid groups (broad SMARTS) is 1. The second-order valence-electron chi connectivity index (χ2n) is 8.01. The molecule has 0 aromatic heterocycles. The molecular formula is C22H31N7O6S2. The maximum atomic E-state index is 13.4. The number of likely N-dealkylation sites (N-methyl/N-ethyl adjacent to an activating group) is 1. The van der Waals surface area contributed by atoms with Crippen molar-refractivity contribution in [2.75, 3.05) is 32.4 Å². The predicted octanol–water partition coefficient (Wildman–Crippen LogP) is -0.873. The van der Waals surface area contributed by atoms with Crippen LogP contribution < -0.4 is 27.4 Å². The minimum Gasteiger partial charge on any atom is -0.481 e. The average Bonchev–Trinajstić information content (AvgIpc) is 2.85. The first-order valence-corrected chi connectivity index (χ1v) is 13.7. The molecule has 0 saturated carbocycles. The molecule has 0 spiro atoms. The van der Waals surface area contributed by atoms with E-state index in [1.54, 1.807) is 24.3 Å². The Bertz CT molecular complexity index is 1030. The number of nitrogens with zero attached hydrogens (tertiary/aromatic N) is 2. The summed E-state index contributed by atoms with van der Waals surface area (Å²) in [7, 11) is 4.23. The van der Waals surface area contributed by atoms with Crippen LogP contribution in [0.3, 0.4) is 0 Å². The number of guanidine groups is 1. The lowest BCUT2D eigenvalue weighted by atomic mass is 10.1. The molecule has 4 amide bonds. The van der Waals surface area contributed by atoms with Crippen molar-refractivity contribution in [1.29, 1.82) is 0 Å². The lowest BCUT2D eigenvalue weighted by molar-refractivity contribution is -0.140. The molecule has 15 heteroatoms. The lowest BCUT2D eigenvalue weighted by Crippen LogP contribution is -2.53. The molecule has 2 atom stereocenters. The molecular weight excluding hydrogens is 522 g/mol. The van der Waals surface area contributed by atoms with Gasteiger partial charge in [0.05, 0.1) is 18.5 Å². The molecule has 0 fully saturated rings. The molecule has 1 aromatic rings. The smallest absolute Gasteiger partial charge is 0.305 e. The van der Waals surface area contributed by atoms with Crippen molar-refractivity contribution < 1.29 is 29.1 Å². The predicted molar refractivity (Wildman–Crippen MR) is 141 cm³/mol. The highest BCUT2D eigenvalue weighted by Crippen LogP contribution is 2.34. The van der Waals surface area contributed by atoms with E-state index < -0.39 is 48.7 Å². The summed E-state index contributed by atoms with van der Waals surface area (Å²) >= 11 is 0. The quantitative estimate of drug-likeness (QED) is 0.111. The third-order valence-electron chi connectivity index (χ3n) is 5.22. The number of nitrogens with two attached hydrogens (primary N) is 2. The van der Waals surface area contributed by atoms with Crippen molar-refractivity contribution in [3.8, 4) is 0 Å². The summed E-state index contributed by atoms with van der Waals surface area (Å²) in [6.45, 7) is -0.0618. The number of rotatable bonds is 6. The van der Waals surface area contributed by atoms with E-state index in [-0.39, 0.29) is 31.4 Å². The van der Waals surface area contributed by atoms with Gasteiger partial charge in [-0.05, 0) is 25.0 Å². The monoisotopic (exact) mass is 553 g/mol. The largest absolute Gasteiger partial charge is 0.481 e. The van der Waals surface area contributed by atoms with Crippen molar-refractivity contribution in [2.24, 2.45) is 16.5 Å². The molecule has 1 aliphatic heterocycles. The van der Waals surface area contributed by atoms with Crippen LogP contribution in [0.4, 0.5) is 0 Å². The first kappa shape index (κ1) is 29.8. The fourth-order valence-electron chi connectivity index (χ4n) is 3.40. The van der Waals surface area contributed by atoms with Gasteiger partial charge in [0.15, 0.2) is 5.96 Å². The molecule has 0 aliphatic carbocycles. The second-order valence-corrected chi connectivity index (χ2v) is 10.5. The number of carboxylic acids is 1. The molecule has 1 heterocycles.